The third kappa shape index (κ3) is 2.10. The van der Waals surface area contributed by atoms with Gasteiger partial charge in [-0.3, -0.25) is 9.69 Å². The number of hydrogen-bond acceptors (Lipinski definition) is 4. The number of ketones is 1. The molecule has 2 atom stereocenters. The number of ether oxygens (including phenoxy) is 1. The van der Waals surface area contributed by atoms with E-state index in [0.29, 0.717) is 5.56 Å². The van der Waals surface area contributed by atoms with Gasteiger partial charge in [0.2, 0.25) is 0 Å². The minimum absolute atomic E-state index is 0.00673. The smallest absolute Gasteiger partial charge is 0.415 e. The van der Waals surface area contributed by atoms with Crippen LogP contribution >= 0.6 is 0 Å². The number of Topliss-reactive ketones (excluding diaryl/α,β-unsaturated/α-hetero) is 1. The summed E-state index contributed by atoms with van der Waals surface area (Å²) in [6, 6.07) is 7.15. The number of anilines is 1. The molecule has 2 unspecified atom stereocenters. The SMILES string of the molecule is CC(=O)c1cccc(N2C(=O)OC3CCNCC32)c1. The Kier molecular flexibility index (Phi) is 2.98. The van der Waals surface area contributed by atoms with E-state index in [-0.39, 0.29) is 24.0 Å². The second-order valence-electron chi connectivity index (χ2n) is 4.96. The molecule has 2 saturated heterocycles. The lowest BCUT2D eigenvalue weighted by atomic mass is 10.0. The average Bonchev–Trinajstić information content (AvgIpc) is 2.74. The lowest BCUT2D eigenvalue weighted by Crippen LogP contribution is -2.49. The first-order valence-electron chi connectivity index (χ1n) is 6.48. The van der Waals surface area contributed by atoms with Crippen molar-refractivity contribution in [2.45, 2.75) is 25.5 Å². The van der Waals surface area contributed by atoms with E-state index in [2.05, 4.69) is 5.32 Å². The molecule has 3 rings (SSSR count). The molecule has 0 radical (unpaired) electrons. The van der Waals surface area contributed by atoms with Crippen LogP contribution in [0.5, 0.6) is 0 Å². The Morgan fingerprint density at radius 2 is 2.32 bits per heavy atom. The van der Waals surface area contributed by atoms with Gasteiger partial charge in [0, 0.05) is 17.8 Å². The molecule has 0 aliphatic carbocycles. The first kappa shape index (κ1) is 12.2. The van der Waals surface area contributed by atoms with E-state index >= 15 is 0 Å². The summed E-state index contributed by atoms with van der Waals surface area (Å²) < 4.78 is 5.39. The van der Waals surface area contributed by atoms with Gasteiger partial charge in [0.15, 0.2) is 5.78 Å². The maximum absolute atomic E-state index is 12.0. The van der Waals surface area contributed by atoms with E-state index in [1.807, 2.05) is 6.07 Å². The standard InChI is InChI=1S/C14H16N2O3/c1-9(17)10-3-2-4-11(7-10)16-12-8-15-6-5-13(12)19-14(16)18/h2-4,7,12-13,15H,5-6,8H2,1H3. The molecule has 2 aliphatic rings. The molecule has 19 heavy (non-hydrogen) atoms. The highest BCUT2D eigenvalue weighted by molar-refractivity contribution is 5.97. The third-order valence-electron chi connectivity index (χ3n) is 3.70. The van der Waals surface area contributed by atoms with Crippen LogP contribution in [0.4, 0.5) is 10.5 Å². The Balaban J connectivity index is 1.94. The predicted octanol–water partition coefficient (Wildman–Crippen LogP) is 1.58. The zero-order chi connectivity index (χ0) is 13.4. The number of carbonyl (C=O) groups is 2. The fourth-order valence-corrected chi connectivity index (χ4v) is 2.71. The molecule has 100 valence electrons. The third-order valence-corrected chi connectivity index (χ3v) is 3.70. The van der Waals surface area contributed by atoms with Crippen molar-refractivity contribution in [3.63, 3.8) is 0 Å². The molecule has 1 aromatic carbocycles. The van der Waals surface area contributed by atoms with E-state index in [1.165, 1.54) is 6.92 Å². The number of hydrogen-bond donors (Lipinski definition) is 1. The highest BCUT2D eigenvalue weighted by Crippen LogP contribution is 2.30. The van der Waals surface area contributed by atoms with E-state index < -0.39 is 0 Å². The molecule has 1 amide bonds. The van der Waals surface area contributed by atoms with Crippen LogP contribution in [0.3, 0.4) is 0 Å². The number of amides is 1. The highest BCUT2D eigenvalue weighted by Gasteiger charge is 2.43. The van der Waals surface area contributed by atoms with Crippen LogP contribution in [0.25, 0.3) is 0 Å². The number of benzene rings is 1. The zero-order valence-corrected chi connectivity index (χ0v) is 10.8. The summed E-state index contributed by atoms with van der Waals surface area (Å²) in [5, 5.41) is 3.27. The largest absolute Gasteiger partial charge is 0.444 e. The number of nitrogens with zero attached hydrogens (tertiary/aromatic N) is 1. The van der Waals surface area contributed by atoms with Crippen molar-refractivity contribution >= 4 is 17.6 Å². The van der Waals surface area contributed by atoms with Gasteiger partial charge in [0.25, 0.3) is 0 Å². The monoisotopic (exact) mass is 260 g/mol. The number of nitrogens with one attached hydrogen (secondary N) is 1. The predicted molar refractivity (Wildman–Crippen MR) is 70.5 cm³/mol. The summed E-state index contributed by atoms with van der Waals surface area (Å²) in [5.74, 6) is -0.00673. The van der Waals surface area contributed by atoms with Crippen LogP contribution in [0.2, 0.25) is 0 Å². The lowest BCUT2D eigenvalue weighted by Gasteiger charge is -2.28. The Morgan fingerprint density at radius 1 is 1.47 bits per heavy atom. The fourth-order valence-electron chi connectivity index (χ4n) is 2.71. The molecular formula is C14H16N2O3. The van der Waals surface area contributed by atoms with Gasteiger partial charge in [0.1, 0.15) is 6.10 Å². The molecule has 0 saturated carbocycles. The zero-order valence-electron chi connectivity index (χ0n) is 10.8. The van der Waals surface area contributed by atoms with Crippen LogP contribution in [0.15, 0.2) is 24.3 Å². The van der Waals surface area contributed by atoms with E-state index in [4.69, 9.17) is 4.74 Å². The first-order chi connectivity index (χ1) is 9.16. The van der Waals surface area contributed by atoms with Crippen molar-refractivity contribution in [2.75, 3.05) is 18.0 Å². The van der Waals surface area contributed by atoms with Gasteiger partial charge in [-0.1, -0.05) is 12.1 Å². The summed E-state index contributed by atoms with van der Waals surface area (Å²) in [5.41, 5.74) is 1.34. The number of fused-ring (bicyclic) bond motifs is 1. The molecular weight excluding hydrogens is 244 g/mol. The molecule has 1 N–H and O–H groups in total. The maximum atomic E-state index is 12.0. The molecule has 1 aromatic rings. The van der Waals surface area contributed by atoms with Gasteiger partial charge in [0.05, 0.1) is 6.04 Å². The van der Waals surface area contributed by atoms with Crippen LogP contribution < -0.4 is 10.2 Å². The van der Waals surface area contributed by atoms with Crippen molar-refractivity contribution in [1.82, 2.24) is 5.32 Å². The maximum Gasteiger partial charge on any atom is 0.415 e. The van der Waals surface area contributed by atoms with Gasteiger partial charge in [-0.2, -0.15) is 0 Å². The topological polar surface area (TPSA) is 58.6 Å². The quantitative estimate of drug-likeness (QED) is 0.820. The number of rotatable bonds is 2. The number of carbonyl (C=O) groups excluding carboxylic acids is 2. The summed E-state index contributed by atoms with van der Waals surface area (Å²) >= 11 is 0. The van der Waals surface area contributed by atoms with E-state index in [9.17, 15) is 9.59 Å². The van der Waals surface area contributed by atoms with Crippen molar-refractivity contribution in [1.29, 1.82) is 0 Å². The van der Waals surface area contributed by atoms with Gasteiger partial charge in [-0.05, 0) is 32.0 Å². The minimum Gasteiger partial charge on any atom is -0.444 e. The molecule has 0 spiro atoms. The van der Waals surface area contributed by atoms with Crippen LogP contribution in [0, 0.1) is 0 Å². The van der Waals surface area contributed by atoms with E-state index in [1.54, 1.807) is 23.1 Å². The van der Waals surface area contributed by atoms with Crippen molar-refractivity contribution < 1.29 is 14.3 Å². The molecule has 0 aromatic heterocycles. The van der Waals surface area contributed by atoms with Crippen LogP contribution in [0.1, 0.15) is 23.7 Å². The molecule has 2 aliphatic heterocycles. The molecule has 5 heteroatoms. The second-order valence-corrected chi connectivity index (χ2v) is 4.96. The van der Waals surface area contributed by atoms with Gasteiger partial charge in [-0.25, -0.2) is 4.79 Å². The van der Waals surface area contributed by atoms with Crippen molar-refractivity contribution in [3.05, 3.63) is 29.8 Å². The molecule has 2 fully saturated rings. The normalized spacial score (nSPS) is 25.9. The summed E-state index contributed by atoms with van der Waals surface area (Å²) in [6.07, 6.45) is 0.466. The second kappa shape index (κ2) is 4.66. The Bertz CT molecular complexity index is 529. The van der Waals surface area contributed by atoms with Crippen molar-refractivity contribution in [2.24, 2.45) is 0 Å². The molecule has 0 bridgehead atoms. The highest BCUT2D eigenvalue weighted by atomic mass is 16.6. The van der Waals surface area contributed by atoms with Gasteiger partial charge < -0.3 is 10.1 Å². The molecule has 5 nitrogen and oxygen atoms in total. The first-order valence-corrected chi connectivity index (χ1v) is 6.48. The Hall–Kier alpha value is -1.88. The lowest BCUT2D eigenvalue weighted by molar-refractivity contribution is 0.101. The average molecular weight is 260 g/mol. The summed E-state index contributed by atoms with van der Waals surface area (Å²) in [6.45, 7) is 3.11. The fraction of sp³-hybridized carbons (Fsp3) is 0.429. The summed E-state index contributed by atoms with van der Waals surface area (Å²) in [4.78, 5) is 25.1. The van der Waals surface area contributed by atoms with E-state index in [0.717, 1.165) is 25.2 Å². The number of piperidine rings is 1. The van der Waals surface area contributed by atoms with Crippen molar-refractivity contribution in [3.8, 4) is 0 Å². The van der Waals surface area contributed by atoms with Crippen LogP contribution in [-0.2, 0) is 4.74 Å². The Morgan fingerprint density at radius 3 is 3.11 bits per heavy atom. The minimum atomic E-state index is -0.320. The Labute approximate surface area is 111 Å². The summed E-state index contributed by atoms with van der Waals surface area (Å²) in [7, 11) is 0. The van der Waals surface area contributed by atoms with Crippen LogP contribution in [-0.4, -0.2) is 37.1 Å². The molecule has 2 heterocycles. The van der Waals surface area contributed by atoms with Gasteiger partial charge in [-0.15, -0.1) is 0 Å². The van der Waals surface area contributed by atoms with Gasteiger partial charge >= 0.3 is 6.09 Å².